The van der Waals surface area contributed by atoms with Gasteiger partial charge >= 0.3 is 0 Å². The monoisotopic (exact) mass is 257 g/mol. The number of fused-ring (bicyclic) bond motifs is 1. The number of hydrogen-bond acceptors (Lipinski definition) is 0. The molecule has 1 aromatic carbocycles. The highest BCUT2D eigenvalue weighted by Crippen LogP contribution is 2.25. The fourth-order valence-corrected chi connectivity index (χ4v) is 2.14. The first-order valence-corrected chi connectivity index (χ1v) is 5.63. The lowest BCUT2D eigenvalue weighted by Gasteiger charge is -1.95. The van der Waals surface area contributed by atoms with Gasteiger partial charge in [-0.15, -0.1) is 0 Å². The largest absolute Gasteiger partial charge is 0.360 e. The van der Waals surface area contributed by atoms with Crippen LogP contribution in [0.4, 0.5) is 0 Å². The van der Waals surface area contributed by atoms with Crippen LogP contribution in [0.2, 0.25) is 5.02 Å². The first-order chi connectivity index (χ1) is 6.33. The molecule has 0 amide bonds. The van der Waals surface area contributed by atoms with Crippen molar-refractivity contribution in [2.45, 2.75) is 6.42 Å². The van der Waals surface area contributed by atoms with E-state index in [0.717, 1.165) is 22.3 Å². The fourth-order valence-electron chi connectivity index (χ4n) is 1.48. The van der Waals surface area contributed by atoms with Crippen LogP contribution >= 0.6 is 27.5 Å². The Labute approximate surface area is 90.2 Å². The summed E-state index contributed by atoms with van der Waals surface area (Å²) in [7, 11) is 0. The predicted molar refractivity (Wildman–Crippen MR) is 60.8 cm³/mol. The number of aromatic amines is 1. The molecule has 1 nitrogen and oxygen atoms in total. The molecule has 1 heterocycles. The van der Waals surface area contributed by atoms with Crippen LogP contribution in [0.3, 0.4) is 0 Å². The van der Waals surface area contributed by atoms with Crippen LogP contribution in [-0.2, 0) is 6.42 Å². The molecule has 0 spiro atoms. The summed E-state index contributed by atoms with van der Waals surface area (Å²) in [6.07, 6.45) is 3.05. The van der Waals surface area contributed by atoms with Crippen molar-refractivity contribution in [2.75, 3.05) is 5.33 Å². The average Bonchev–Trinajstić information content (AvgIpc) is 2.51. The number of halogens is 2. The topological polar surface area (TPSA) is 15.8 Å². The average molecular weight is 259 g/mol. The zero-order chi connectivity index (χ0) is 9.26. The van der Waals surface area contributed by atoms with E-state index in [4.69, 9.17) is 11.6 Å². The van der Waals surface area contributed by atoms with Crippen molar-refractivity contribution in [2.24, 2.45) is 0 Å². The second kappa shape index (κ2) is 3.72. The molecule has 0 radical (unpaired) electrons. The minimum absolute atomic E-state index is 0.790. The summed E-state index contributed by atoms with van der Waals surface area (Å²) in [6.45, 7) is 0. The van der Waals surface area contributed by atoms with E-state index in [9.17, 15) is 0 Å². The molecule has 0 fully saturated rings. The molecule has 68 valence electrons. The van der Waals surface area contributed by atoms with E-state index in [1.165, 1.54) is 10.9 Å². The van der Waals surface area contributed by atoms with Gasteiger partial charge in [-0.3, -0.25) is 0 Å². The molecule has 2 aromatic rings. The second-order valence-corrected chi connectivity index (χ2v) is 4.12. The zero-order valence-corrected chi connectivity index (χ0v) is 9.32. The first-order valence-electron chi connectivity index (χ1n) is 4.13. The van der Waals surface area contributed by atoms with Gasteiger partial charge in [-0.1, -0.05) is 39.7 Å². The van der Waals surface area contributed by atoms with Gasteiger partial charge in [0.2, 0.25) is 0 Å². The first kappa shape index (κ1) is 9.10. The Balaban J connectivity index is 2.61. The van der Waals surface area contributed by atoms with E-state index in [0.29, 0.717) is 0 Å². The highest BCUT2D eigenvalue weighted by Gasteiger charge is 2.04. The minimum atomic E-state index is 0.790. The molecule has 0 aliphatic rings. The lowest BCUT2D eigenvalue weighted by Crippen LogP contribution is -1.81. The number of aryl methyl sites for hydroxylation is 1. The lowest BCUT2D eigenvalue weighted by molar-refractivity contribution is 1.18. The molecule has 0 saturated heterocycles. The molecule has 0 bridgehead atoms. The maximum Gasteiger partial charge on any atom is 0.0647 e. The molecule has 1 N–H and O–H groups in total. The standard InChI is InChI=1S/C10H9BrClN/c11-5-4-7-6-13-10-8(7)2-1-3-9(10)12/h1-3,6,13H,4-5H2. The molecule has 0 saturated carbocycles. The summed E-state index contributed by atoms with van der Waals surface area (Å²) in [6, 6.07) is 5.98. The lowest BCUT2D eigenvalue weighted by atomic mass is 10.1. The molecule has 2 rings (SSSR count). The van der Waals surface area contributed by atoms with Crippen molar-refractivity contribution in [3.05, 3.63) is 35.0 Å². The van der Waals surface area contributed by atoms with Gasteiger partial charge in [0.25, 0.3) is 0 Å². The van der Waals surface area contributed by atoms with Gasteiger partial charge in [-0.25, -0.2) is 0 Å². The molecular formula is C10H9BrClN. The van der Waals surface area contributed by atoms with E-state index >= 15 is 0 Å². The molecule has 3 heteroatoms. The van der Waals surface area contributed by atoms with Crippen LogP contribution in [0.15, 0.2) is 24.4 Å². The molecule has 0 atom stereocenters. The van der Waals surface area contributed by atoms with Crippen LogP contribution in [-0.4, -0.2) is 10.3 Å². The van der Waals surface area contributed by atoms with Gasteiger partial charge in [0.15, 0.2) is 0 Å². The van der Waals surface area contributed by atoms with Crippen molar-refractivity contribution in [1.29, 1.82) is 0 Å². The van der Waals surface area contributed by atoms with Crippen molar-refractivity contribution in [1.82, 2.24) is 4.98 Å². The van der Waals surface area contributed by atoms with E-state index in [2.05, 4.69) is 27.0 Å². The summed E-state index contributed by atoms with van der Waals surface area (Å²) in [5.74, 6) is 0. The Morgan fingerprint density at radius 3 is 3.00 bits per heavy atom. The summed E-state index contributed by atoms with van der Waals surface area (Å²) in [5.41, 5.74) is 2.36. The van der Waals surface area contributed by atoms with Crippen molar-refractivity contribution < 1.29 is 0 Å². The van der Waals surface area contributed by atoms with Crippen LogP contribution in [0.1, 0.15) is 5.56 Å². The summed E-state index contributed by atoms with van der Waals surface area (Å²) in [4.78, 5) is 3.19. The Morgan fingerprint density at radius 2 is 2.23 bits per heavy atom. The number of alkyl halides is 1. The van der Waals surface area contributed by atoms with Gasteiger partial charge < -0.3 is 4.98 Å². The summed E-state index contributed by atoms with van der Waals surface area (Å²) in [5, 5.41) is 3.00. The number of para-hydroxylation sites is 1. The van der Waals surface area contributed by atoms with Crippen molar-refractivity contribution in [3.63, 3.8) is 0 Å². The molecular weight excluding hydrogens is 249 g/mol. The van der Waals surface area contributed by atoms with E-state index in [-0.39, 0.29) is 0 Å². The number of H-pyrrole nitrogens is 1. The normalized spacial score (nSPS) is 10.9. The predicted octanol–water partition coefficient (Wildman–Crippen LogP) is 3.76. The van der Waals surface area contributed by atoms with E-state index in [1.807, 2.05) is 18.3 Å². The zero-order valence-electron chi connectivity index (χ0n) is 6.98. The Hall–Kier alpha value is -0.470. The van der Waals surface area contributed by atoms with Gasteiger partial charge in [0.1, 0.15) is 0 Å². The van der Waals surface area contributed by atoms with Crippen LogP contribution in [0.25, 0.3) is 10.9 Å². The Bertz CT molecular complexity index is 422. The van der Waals surface area contributed by atoms with Gasteiger partial charge in [-0.2, -0.15) is 0 Å². The fraction of sp³-hybridized carbons (Fsp3) is 0.200. The van der Waals surface area contributed by atoms with Gasteiger partial charge in [-0.05, 0) is 18.1 Å². The molecule has 1 aromatic heterocycles. The van der Waals surface area contributed by atoms with E-state index in [1.54, 1.807) is 0 Å². The number of hydrogen-bond donors (Lipinski definition) is 1. The number of benzene rings is 1. The SMILES string of the molecule is Clc1cccc2c(CCBr)c[nH]c12. The smallest absolute Gasteiger partial charge is 0.0647 e. The third-order valence-electron chi connectivity index (χ3n) is 2.11. The van der Waals surface area contributed by atoms with E-state index < -0.39 is 0 Å². The molecule has 13 heavy (non-hydrogen) atoms. The number of aromatic nitrogens is 1. The van der Waals surface area contributed by atoms with Gasteiger partial charge in [0.05, 0.1) is 10.5 Å². The maximum absolute atomic E-state index is 6.03. The quantitative estimate of drug-likeness (QED) is 0.790. The Kier molecular flexibility index (Phi) is 2.61. The van der Waals surface area contributed by atoms with Crippen LogP contribution in [0.5, 0.6) is 0 Å². The summed E-state index contributed by atoms with van der Waals surface area (Å²) >= 11 is 9.46. The van der Waals surface area contributed by atoms with Gasteiger partial charge in [0, 0.05) is 16.9 Å². The number of rotatable bonds is 2. The highest BCUT2D eigenvalue weighted by molar-refractivity contribution is 9.09. The number of nitrogens with one attached hydrogen (secondary N) is 1. The maximum atomic E-state index is 6.03. The molecule has 0 aliphatic heterocycles. The van der Waals surface area contributed by atoms with Crippen molar-refractivity contribution in [3.8, 4) is 0 Å². The summed E-state index contributed by atoms with van der Waals surface area (Å²) < 4.78 is 0. The van der Waals surface area contributed by atoms with Crippen molar-refractivity contribution >= 4 is 38.4 Å². The van der Waals surface area contributed by atoms with Crippen LogP contribution in [0, 0.1) is 0 Å². The molecule has 0 aliphatic carbocycles. The third-order valence-corrected chi connectivity index (χ3v) is 2.83. The minimum Gasteiger partial charge on any atom is -0.360 e. The second-order valence-electron chi connectivity index (χ2n) is 2.92. The third kappa shape index (κ3) is 1.61. The Morgan fingerprint density at radius 1 is 1.38 bits per heavy atom. The molecule has 0 unspecified atom stereocenters. The van der Waals surface area contributed by atoms with Crippen LogP contribution < -0.4 is 0 Å². The highest BCUT2D eigenvalue weighted by atomic mass is 79.9.